The predicted molar refractivity (Wildman–Crippen MR) is 170 cm³/mol. The number of carbonyl (C=O) groups excluding carboxylic acids is 2. The highest BCUT2D eigenvalue weighted by Gasteiger charge is 2.17. The third-order valence-corrected chi connectivity index (χ3v) is 7.52. The Kier molecular flexibility index (Phi) is 9.59. The van der Waals surface area contributed by atoms with Crippen molar-refractivity contribution in [2.45, 2.75) is 40.8 Å². The van der Waals surface area contributed by atoms with Crippen LogP contribution in [0.15, 0.2) is 85.2 Å². The third-order valence-electron chi connectivity index (χ3n) is 7.52. The molecule has 0 aliphatic rings. The van der Waals surface area contributed by atoms with E-state index in [1.54, 1.807) is 21.9 Å². The van der Waals surface area contributed by atoms with Crippen molar-refractivity contribution in [2.24, 2.45) is 0 Å². The molecule has 226 valence electrons. The fourth-order valence-electron chi connectivity index (χ4n) is 5.11. The van der Waals surface area contributed by atoms with Gasteiger partial charge < -0.3 is 9.80 Å². The summed E-state index contributed by atoms with van der Waals surface area (Å²) in [5.74, 6) is -0.153. The van der Waals surface area contributed by atoms with Crippen LogP contribution in [0, 0.1) is 0 Å². The number of amides is 2. The lowest BCUT2D eigenvalue weighted by Crippen LogP contribution is -2.31. The van der Waals surface area contributed by atoms with E-state index in [0.717, 1.165) is 22.5 Å². The number of pyridine rings is 2. The molecular weight excluding hydrogens is 552 g/mol. The molecule has 0 spiro atoms. The van der Waals surface area contributed by atoms with Crippen LogP contribution in [0.25, 0.3) is 22.8 Å². The van der Waals surface area contributed by atoms with Crippen LogP contribution in [-0.4, -0.2) is 77.3 Å². The summed E-state index contributed by atoms with van der Waals surface area (Å²) in [7, 11) is 0. The summed E-state index contributed by atoms with van der Waals surface area (Å²) < 4.78 is 3.75. The standard InChI is InChI=1S/C34H38N8O2/c1-5-39(6-2)33(43)31-16-10-14-27(35-31)29-18-20-41(37-29)23-25-12-9-13-26(22-25)24-42-21-19-30(38-42)28-15-11-17-32(36-28)34(44)40(7-3)8-4/h9-22H,5-8,23-24H2,1-4H3. The maximum atomic E-state index is 12.8. The Balaban J connectivity index is 1.26. The Hall–Kier alpha value is -5.12. The second-order valence-electron chi connectivity index (χ2n) is 10.4. The number of benzene rings is 1. The van der Waals surface area contributed by atoms with Gasteiger partial charge in [-0.2, -0.15) is 10.2 Å². The monoisotopic (exact) mass is 590 g/mol. The number of aromatic nitrogens is 6. The Morgan fingerprint density at radius 1 is 0.568 bits per heavy atom. The number of nitrogens with zero attached hydrogens (tertiary/aromatic N) is 8. The third kappa shape index (κ3) is 6.91. The van der Waals surface area contributed by atoms with Crippen LogP contribution in [-0.2, 0) is 13.1 Å². The van der Waals surface area contributed by atoms with Crippen LogP contribution in [0.3, 0.4) is 0 Å². The second kappa shape index (κ2) is 13.9. The smallest absolute Gasteiger partial charge is 0.272 e. The molecule has 5 aromatic rings. The molecule has 4 aromatic heterocycles. The van der Waals surface area contributed by atoms with Gasteiger partial charge in [-0.1, -0.05) is 36.4 Å². The van der Waals surface area contributed by atoms with Crippen LogP contribution in [0.5, 0.6) is 0 Å². The van der Waals surface area contributed by atoms with Gasteiger partial charge in [-0.3, -0.25) is 19.0 Å². The van der Waals surface area contributed by atoms with E-state index in [1.165, 1.54) is 0 Å². The molecule has 4 heterocycles. The Morgan fingerprint density at radius 2 is 0.977 bits per heavy atom. The van der Waals surface area contributed by atoms with Crippen molar-refractivity contribution in [2.75, 3.05) is 26.2 Å². The van der Waals surface area contributed by atoms with E-state index >= 15 is 0 Å². The first kappa shape index (κ1) is 30.3. The summed E-state index contributed by atoms with van der Waals surface area (Å²) in [6.45, 7) is 11.6. The number of hydrogen-bond acceptors (Lipinski definition) is 6. The van der Waals surface area contributed by atoms with Crippen LogP contribution in [0.4, 0.5) is 0 Å². The van der Waals surface area contributed by atoms with Crippen molar-refractivity contribution >= 4 is 11.8 Å². The molecule has 0 fully saturated rings. The van der Waals surface area contributed by atoms with Crippen molar-refractivity contribution in [3.8, 4) is 22.8 Å². The van der Waals surface area contributed by atoms with Gasteiger partial charge in [-0.05, 0) is 75.2 Å². The van der Waals surface area contributed by atoms with Crippen molar-refractivity contribution in [3.63, 3.8) is 0 Å². The molecule has 0 saturated heterocycles. The summed E-state index contributed by atoms with van der Waals surface area (Å²) >= 11 is 0. The van der Waals surface area contributed by atoms with E-state index in [2.05, 4.69) is 28.2 Å². The van der Waals surface area contributed by atoms with E-state index in [9.17, 15) is 9.59 Å². The molecule has 0 unspecified atom stereocenters. The lowest BCUT2D eigenvalue weighted by atomic mass is 10.1. The lowest BCUT2D eigenvalue weighted by molar-refractivity contribution is 0.0759. The zero-order valence-electron chi connectivity index (χ0n) is 25.7. The summed E-state index contributed by atoms with van der Waals surface area (Å²) in [6.07, 6.45) is 3.85. The maximum absolute atomic E-state index is 12.8. The van der Waals surface area contributed by atoms with Gasteiger partial charge in [-0.15, -0.1) is 0 Å². The molecule has 1 aromatic carbocycles. The van der Waals surface area contributed by atoms with Gasteiger partial charge in [0.2, 0.25) is 0 Å². The largest absolute Gasteiger partial charge is 0.338 e. The average Bonchev–Trinajstić information content (AvgIpc) is 3.72. The summed E-state index contributed by atoms with van der Waals surface area (Å²) in [4.78, 5) is 38.2. The molecule has 0 saturated carbocycles. The van der Waals surface area contributed by atoms with Gasteiger partial charge in [0.15, 0.2) is 0 Å². The quantitative estimate of drug-likeness (QED) is 0.196. The highest BCUT2D eigenvalue weighted by Crippen LogP contribution is 2.19. The molecule has 2 amide bonds. The van der Waals surface area contributed by atoms with E-state index in [-0.39, 0.29) is 11.8 Å². The minimum Gasteiger partial charge on any atom is -0.338 e. The average molecular weight is 591 g/mol. The van der Waals surface area contributed by atoms with Crippen molar-refractivity contribution in [3.05, 3.63) is 108 Å². The molecule has 0 bridgehead atoms. The zero-order valence-corrected chi connectivity index (χ0v) is 25.7. The first-order valence-corrected chi connectivity index (χ1v) is 15.1. The van der Waals surface area contributed by atoms with Gasteiger partial charge in [0.05, 0.1) is 24.5 Å². The van der Waals surface area contributed by atoms with E-state index in [1.807, 2.05) is 91.9 Å². The van der Waals surface area contributed by atoms with Crippen molar-refractivity contribution in [1.82, 2.24) is 39.3 Å². The van der Waals surface area contributed by atoms with E-state index < -0.39 is 0 Å². The highest BCUT2D eigenvalue weighted by molar-refractivity contribution is 5.93. The van der Waals surface area contributed by atoms with Crippen molar-refractivity contribution in [1.29, 1.82) is 0 Å². The molecule has 0 radical (unpaired) electrons. The fraction of sp³-hybridized carbons (Fsp3) is 0.294. The molecule has 0 aliphatic carbocycles. The second-order valence-corrected chi connectivity index (χ2v) is 10.4. The van der Waals surface area contributed by atoms with Gasteiger partial charge >= 0.3 is 0 Å². The summed E-state index contributed by atoms with van der Waals surface area (Å²) in [5.41, 5.74) is 5.83. The Morgan fingerprint density at radius 3 is 1.39 bits per heavy atom. The fourth-order valence-corrected chi connectivity index (χ4v) is 5.11. The number of hydrogen-bond donors (Lipinski definition) is 0. The number of rotatable bonds is 12. The zero-order chi connectivity index (χ0) is 31.1. The molecule has 10 nitrogen and oxygen atoms in total. The van der Waals surface area contributed by atoms with Crippen LogP contribution >= 0.6 is 0 Å². The van der Waals surface area contributed by atoms with Gasteiger partial charge in [0.1, 0.15) is 22.8 Å². The minimum absolute atomic E-state index is 0.0763. The highest BCUT2D eigenvalue weighted by atomic mass is 16.2. The van der Waals surface area contributed by atoms with Gasteiger partial charge in [0, 0.05) is 38.6 Å². The Bertz CT molecular complexity index is 1610. The van der Waals surface area contributed by atoms with Crippen LogP contribution in [0.1, 0.15) is 59.8 Å². The van der Waals surface area contributed by atoms with Crippen LogP contribution < -0.4 is 0 Å². The molecule has 5 rings (SSSR count). The Labute approximate surface area is 258 Å². The van der Waals surface area contributed by atoms with Gasteiger partial charge in [-0.25, -0.2) is 9.97 Å². The molecule has 44 heavy (non-hydrogen) atoms. The normalized spacial score (nSPS) is 11.0. The first-order valence-electron chi connectivity index (χ1n) is 15.1. The molecule has 10 heteroatoms. The summed E-state index contributed by atoms with van der Waals surface area (Å²) in [5, 5.41) is 9.46. The molecule has 0 aliphatic heterocycles. The van der Waals surface area contributed by atoms with Crippen LogP contribution in [0.2, 0.25) is 0 Å². The van der Waals surface area contributed by atoms with Gasteiger partial charge in [0.25, 0.3) is 11.8 Å². The topological polar surface area (TPSA) is 102 Å². The summed E-state index contributed by atoms with van der Waals surface area (Å²) in [6, 6.07) is 23.1. The minimum atomic E-state index is -0.0763. The molecule has 0 atom stereocenters. The maximum Gasteiger partial charge on any atom is 0.272 e. The first-order chi connectivity index (χ1) is 21.4. The molecular formula is C34H38N8O2. The van der Waals surface area contributed by atoms with E-state index in [4.69, 9.17) is 10.2 Å². The van der Waals surface area contributed by atoms with Crippen molar-refractivity contribution < 1.29 is 9.59 Å². The molecule has 0 N–H and O–H groups in total. The predicted octanol–water partition coefficient (Wildman–Crippen LogP) is 5.26. The SMILES string of the molecule is CCN(CC)C(=O)c1cccc(-c2ccn(Cc3cccc(Cn4ccc(-c5cccc(C(=O)N(CC)CC)n5)n4)c3)n2)n1. The van der Waals surface area contributed by atoms with E-state index in [0.29, 0.717) is 62.0 Å². The number of carbonyl (C=O) groups is 2. The lowest BCUT2D eigenvalue weighted by Gasteiger charge is -2.18.